The summed E-state index contributed by atoms with van der Waals surface area (Å²) in [5.41, 5.74) is 4.18. The average molecular weight is 284 g/mol. The van der Waals surface area contributed by atoms with Crippen LogP contribution in [0.25, 0.3) is 0 Å². The number of anilines is 2. The number of ether oxygens (including phenoxy) is 1. The van der Waals surface area contributed by atoms with E-state index in [4.69, 9.17) is 4.74 Å². The van der Waals surface area contributed by atoms with E-state index in [-0.39, 0.29) is 5.91 Å². The van der Waals surface area contributed by atoms with Crippen LogP contribution in [0.2, 0.25) is 0 Å². The maximum atomic E-state index is 12.5. The second-order valence-corrected chi connectivity index (χ2v) is 4.96. The summed E-state index contributed by atoms with van der Waals surface area (Å²) < 4.78 is 5.29. The maximum absolute atomic E-state index is 12.5. The van der Waals surface area contributed by atoms with Crippen LogP contribution in [0.15, 0.2) is 36.4 Å². The smallest absolute Gasteiger partial charge is 0.257 e. The topological polar surface area (TPSA) is 50.4 Å². The lowest BCUT2D eigenvalue weighted by Gasteiger charge is -2.13. The van der Waals surface area contributed by atoms with Crippen molar-refractivity contribution in [1.29, 1.82) is 0 Å². The Bertz CT molecular complexity index is 666. The molecule has 0 aliphatic carbocycles. The molecular weight excluding hydrogens is 264 g/mol. The van der Waals surface area contributed by atoms with Gasteiger partial charge in [0, 0.05) is 12.7 Å². The van der Waals surface area contributed by atoms with Crippen molar-refractivity contribution in [1.82, 2.24) is 0 Å². The number of hydrogen-bond donors (Lipinski definition) is 2. The highest BCUT2D eigenvalue weighted by molar-refractivity contribution is 6.08. The fourth-order valence-corrected chi connectivity index (χ4v) is 2.17. The molecule has 0 bridgehead atoms. The summed E-state index contributed by atoms with van der Waals surface area (Å²) in [6.07, 6.45) is 0. The van der Waals surface area contributed by atoms with Crippen LogP contribution in [0.5, 0.6) is 5.75 Å². The van der Waals surface area contributed by atoms with Crippen LogP contribution in [0, 0.1) is 13.8 Å². The van der Waals surface area contributed by atoms with Gasteiger partial charge in [0.1, 0.15) is 5.75 Å². The van der Waals surface area contributed by atoms with E-state index in [1.165, 1.54) is 0 Å². The fraction of sp³-hybridized carbons (Fsp3) is 0.235. The Balaban J connectivity index is 2.34. The zero-order chi connectivity index (χ0) is 15.4. The number of methoxy groups -OCH3 is 1. The van der Waals surface area contributed by atoms with Crippen molar-refractivity contribution in [2.75, 3.05) is 24.8 Å². The van der Waals surface area contributed by atoms with Gasteiger partial charge in [0.2, 0.25) is 0 Å². The molecule has 0 unspecified atom stereocenters. The third-order valence-corrected chi connectivity index (χ3v) is 3.29. The summed E-state index contributed by atoms with van der Waals surface area (Å²) in [6.45, 7) is 3.93. The molecule has 4 nitrogen and oxygen atoms in total. The number of aryl methyl sites for hydroxylation is 2. The van der Waals surface area contributed by atoms with Crippen LogP contribution in [0.1, 0.15) is 21.5 Å². The van der Waals surface area contributed by atoms with Crippen LogP contribution >= 0.6 is 0 Å². The van der Waals surface area contributed by atoms with Crippen molar-refractivity contribution >= 4 is 17.3 Å². The van der Waals surface area contributed by atoms with Crippen molar-refractivity contribution in [2.24, 2.45) is 0 Å². The minimum atomic E-state index is -0.160. The van der Waals surface area contributed by atoms with Gasteiger partial charge < -0.3 is 15.4 Å². The molecule has 2 N–H and O–H groups in total. The molecule has 110 valence electrons. The van der Waals surface area contributed by atoms with Crippen molar-refractivity contribution in [2.45, 2.75) is 13.8 Å². The predicted octanol–water partition coefficient (Wildman–Crippen LogP) is 3.61. The Kier molecular flexibility index (Phi) is 4.48. The quantitative estimate of drug-likeness (QED) is 0.901. The molecule has 4 heteroatoms. The van der Waals surface area contributed by atoms with Gasteiger partial charge >= 0.3 is 0 Å². The first kappa shape index (κ1) is 14.9. The van der Waals surface area contributed by atoms with Gasteiger partial charge in [-0.1, -0.05) is 17.7 Å². The van der Waals surface area contributed by atoms with Gasteiger partial charge in [0.15, 0.2) is 0 Å². The molecule has 2 rings (SSSR count). The number of benzene rings is 2. The van der Waals surface area contributed by atoms with Gasteiger partial charge in [-0.2, -0.15) is 0 Å². The standard InChI is InChI=1S/C17H20N2O2/c1-11-5-7-14(18-3)13(9-11)17(20)19-15-10-12(2)6-8-16(15)21-4/h5-10,18H,1-4H3,(H,19,20). The van der Waals surface area contributed by atoms with Gasteiger partial charge in [-0.3, -0.25) is 4.79 Å². The minimum Gasteiger partial charge on any atom is -0.495 e. The van der Waals surface area contributed by atoms with E-state index in [0.717, 1.165) is 16.8 Å². The normalized spacial score (nSPS) is 10.1. The summed E-state index contributed by atoms with van der Waals surface area (Å²) in [5.74, 6) is 0.486. The van der Waals surface area contributed by atoms with Gasteiger partial charge in [0.25, 0.3) is 5.91 Å². The summed E-state index contributed by atoms with van der Waals surface area (Å²) in [6, 6.07) is 11.4. The van der Waals surface area contributed by atoms with Crippen molar-refractivity contribution in [3.63, 3.8) is 0 Å². The molecule has 0 heterocycles. The van der Waals surface area contributed by atoms with Crippen LogP contribution in [-0.4, -0.2) is 20.1 Å². The lowest BCUT2D eigenvalue weighted by atomic mass is 10.1. The molecule has 0 fully saturated rings. The molecule has 0 aliphatic rings. The Hall–Kier alpha value is -2.49. The zero-order valence-corrected chi connectivity index (χ0v) is 12.8. The molecule has 0 saturated heterocycles. The van der Waals surface area contributed by atoms with E-state index in [2.05, 4.69) is 10.6 Å². The van der Waals surface area contributed by atoms with Crippen molar-refractivity contribution in [3.05, 3.63) is 53.1 Å². The van der Waals surface area contributed by atoms with E-state index in [1.807, 2.05) is 50.2 Å². The lowest BCUT2D eigenvalue weighted by Crippen LogP contribution is -2.15. The number of amides is 1. The van der Waals surface area contributed by atoms with Gasteiger partial charge in [-0.05, 0) is 43.7 Å². The SMILES string of the molecule is CNc1ccc(C)cc1C(=O)Nc1cc(C)ccc1OC. The molecule has 2 aromatic carbocycles. The fourth-order valence-electron chi connectivity index (χ4n) is 2.17. The number of nitrogens with one attached hydrogen (secondary N) is 2. The number of rotatable bonds is 4. The van der Waals surface area contributed by atoms with Crippen LogP contribution < -0.4 is 15.4 Å². The summed E-state index contributed by atoms with van der Waals surface area (Å²) in [4.78, 5) is 12.5. The van der Waals surface area contributed by atoms with Gasteiger partial charge in [0.05, 0.1) is 18.4 Å². The van der Waals surface area contributed by atoms with Gasteiger partial charge in [-0.15, -0.1) is 0 Å². The second kappa shape index (κ2) is 6.31. The van der Waals surface area contributed by atoms with Crippen LogP contribution in [0.4, 0.5) is 11.4 Å². The first-order chi connectivity index (χ1) is 10.0. The largest absolute Gasteiger partial charge is 0.495 e. The van der Waals surface area contributed by atoms with Gasteiger partial charge in [-0.25, -0.2) is 0 Å². The molecule has 2 aromatic rings. The Morgan fingerprint density at radius 1 is 1.00 bits per heavy atom. The Morgan fingerprint density at radius 2 is 1.67 bits per heavy atom. The molecule has 0 atom stereocenters. The highest BCUT2D eigenvalue weighted by atomic mass is 16.5. The third-order valence-electron chi connectivity index (χ3n) is 3.29. The average Bonchev–Trinajstić information content (AvgIpc) is 2.47. The summed E-state index contributed by atoms with van der Waals surface area (Å²) in [5, 5.41) is 5.95. The summed E-state index contributed by atoms with van der Waals surface area (Å²) >= 11 is 0. The Morgan fingerprint density at radius 3 is 2.33 bits per heavy atom. The molecule has 0 saturated carbocycles. The second-order valence-electron chi connectivity index (χ2n) is 4.96. The predicted molar refractivity (Wildman–Crippen MR) is 86.4 cm³/mol. The summed E-state index contributed by atoms with van der Waals surface area (Å²) in [7, 11) is 3.39. The van der Waals surface area contributed by atoms with E-state index >= 15 is 0 Å². The van der Waals surface area contributed by atoms with E-state index < -0.39 is 0 Å². The third kappa shape index (κ3) is 3.34. The number of carbonyl (C=O) groups is 1. The van der Waals surface area contributed by atoms with Crippen LogP contribution in [-0.2, 0) is 0 Å². The molecule has 0 aromatic heterocycles. The number of carbonyl (C=O) groups excluding carboxylic acids is 1. The highest BCUT2D eigenvalue weighted by Gasteiger charge is 2.13. The van der Waals surface area contributed by atoms with Crippen LogP contribution in [0.3, 0.4) is 0 Å². The first-order valence-corrected chi connectivity index (χ1v) is 6.79. The van der Waals surface area contributed by atoms with Crippen molar-refractivity contribution in [3.8, 4) is 5.75 Å². The van der Waals surface area contributed by atoms with E-state index in [9.17, 15) is 4.79 Å². The lowest BCUT2D eigenvalue weighted by molar-refractivity contribution is 0.102. The monoisotopic (exact) mass is 284 g/mol. The Labute approximate surface area is 125 Å². The van der Waals surface area contributed by atoms with E-state index in [1.54, 1.807) is 14.2 Å². The molecule has 21 heavy (non-hydrogen) atoms. The maximum Gasteiger partial charge on any atom is 0.257 e. The molecular formula is C17H20N2O2. The molecule has 1 amide bonds. The highest BCUT2D eigenvalue weighted by Crippen LogP contribution is 2.27. The molecule has 0 radical (unpaired) electrons. The first-order valence-electron chi connectivity index (χ1n) is 6.79. The molecule has 0 spiro atoms. The minimum absolute atomic E-state index is 0.160. The zero-order valence-electron chi connectivity index (χ0n) is 12.8. The van der Waals surface area contributed by atoms with Crippen molar-refractivity contribution < 1.29 is 9.53 Å². The molecule has 0 aliphatic heterocycles. The number of hydrogen-bond acceptors (Lipinski definition) is 3. The van der Waals surface area contributed by atoms with E-state index in [0.29, 0.717) is 17.0 Å².